The van der Waals surface area contributed by atoms with Gasteiger partial charge in [-0.15, -0.1) is 0 Å². The second-order valence-electron chi connectivity index (χ2n) is 6.12. The summed E-state index contributed by atoms with van der Waals surface area (Å²) in [6.07, 6.45) is 0. The Balaban J connectivity index is 2.35. The van der Waals surface area contributed by atoms with Gasteiger partial charge in [0, 0.05) is 18.6 Å². The zero-order valence-electron chi connectivity index (χ0n) is 13.7. The Morgan fingerprint density at radius 2 is 1.65 bits per heavy atom. The summed E-state index contributed by atoms with van der Waals surface area (Å²) in [7, 11) is 0. The first-order valence-corrected chi connectivity index (χ1v) is 7.63. The van der Waals surface area contributed by atoms with E-state index < -0.39 is 0 Å². The zero-order chi connectivity index (χ0) is 15.0. The van der Waals surface area contributed by atoms with E-state index >= 15 is 0 Å². The van der Waals surface area contributed by atoms with Crippen LogP contribution in [0.2, 0.25) is 0 Å². The van der Waals surface area contributed by atoms with Crippen LogP contribution in [0.1, 0.15) is 40.2 Å². The summed E-state index contributed by atoms with van der Waals surface area (Å²) in [6.45, 7) is 15.7. The Bertz CT molecular complexity index is 364. The largest absolute Gasteiger partial charge is 0.492 e. The lowest BCUT2D eigenvalue weighted by molar-refractivity contribution is 0.223. The molecule has 20 heavy (non-hydrogen) atoms. The maximum atomic E-state index is 5.78. The van der Waals surface area contributed by atoms with Crippen LogP contribution in [0.15, 0.2) is 24.3 Å². The Morgan fingerprint density at radius 1 is 1.05 bits per heavy atom. The van der Waals surface area contributed by atoms with Gasteiger partial charge in [0.05, 0.1) is 0 Å². The normalized spacial score (nSPS) is 11.9. The number of ether oxygens (including phenoxy) is 1. The second kappa shape index (κ2) is 8.28. The van der Waals surface area contributed by atoms with Gasteiger partial charge in [-0.3, -0.25) is 0 Å². The molecule has 0 amide bonds. The molecule has 1 N–H and O–H groups in total. The van der Waals surface area contributed by atoms with Gasteiger partial charge in [0.25, 0.3) is 0 Å². The maximum Gasteiger partial charge on any atom is 0.119 e. The molecule has 0 saturated carbocycles. The minimum absolute atomic E-state index is 0.152. The Morgan fingerprint density at radius 3 is 2.15 bits per heavy atom. The molecule has 0 radical (unpaired) electrons. The molecule has 0 bridgehead atoms. The van der Waals surface area contributed by atoms with Crippen molar-refractivity contribution in [1.29, 1.82) is 0 Å². The fourth-order valence-electron chi connectivity index (χ4n) is 1.90. The summed E-state index contributed by atoms with van der Waals surface area (Å²) in [5, 5.41) is 3.48. The van der Waals surface area contributed by atoms with E-state index in [9.17, 15) is 0 Å². The van der Waals surface area contributed by atoms with Crippen LogP contribution in [0.4, 0.5) is 0 Å². The Hall–Kier alpha value is -1.06. The first-order valence-electron chi connectivity index (χ1n) is 7.63. The summed E-state index contributed by atoms with van der Waals surface area (Å²) >= 11 is 0. The van der Waals surface area contributed by atoms with Crippen molar-refractivity contribution in [3.05, 3.63) is 29.8 Å². The van der Waals surface area contributed by atoms with Crippen molar-refractivity contribution >= 4 is 0 Å². The number of nitrogens with zero attached hydrogens (tertiary/aromatic N) is 1. The number of rotatable bonds is 8. The van der Waals surface area contributed by atoms with Crippen LogP contribution in [0.5, 0.6) is 5.75 Å². The first-order chi connectivity index (χ1) is 9.44. The molecule has 0 fully saturated rings. The van der Waals surface area contributed by atoms with E-state index in [1.165, 1.54) is 5.56 Å². The Kier molecular flexibility index (Phi) is 7.03. The van der Waals surface area contributed by atoms with Crippen LogP contribution < -0.4 is 10.1 Å². The molecule has 0 aliphatic rings. The SMILES string of the molecule is CCN(CC)CCOc1ccc(CNC(C)(C)C)cc1. The van der Waals surface area contributed by atoms with E-state index in [1.54, 1.807) is 0 Å². The van der Waals surface area contributed by atoms with Gasteiger partial charge in [-0.05, 0) is 51.6 Å². The average molecular weight is 278 g/mol. The van der Waals surface area contributed by atoms with Gasteiger partial charge in [-0.25, -0.2) is 0 Å². The van der Waals surface area contributed by atoms with Gasteiger partial charge in [0.1, 0.15) is 12.4 Å². The van der Waals surface area contributed by atoms with Gasteiger partial charge in [0.15, 0.2) is 0 Å². The lowest BCUT2D eigenvalue weighted by atomic mass is 10.1. The molecule has 1 aromatic carbocycles. The molecule has 0 aliphatic heterocycles. The molecular formula is C17H30N2O. The Labute approximate surface area is 124 Å². The summed E-state index contributed by atoms with van der Waals surface area (Å²) in [6, 6.07) is 8.38. The minimum Gasteiger partial charge on any atom is -0.492 e. The summed E-state index contributed by atoms with van der Waals surface area (Å²) < 4.78 is 5.78. The molecule has 0 aromatic heterocycles. The van der Waals surface area contributed by atoms with Gasteiger partial charge >= 0.3 is 0 Å². The quantitative estimate of drug-likeness (QED) is 0.789. The minimum atomic E-state index is 0.152. The van der Waals surface area contributed by atoms with E-state index in [-0.39, 0.29) is 5.54 Å². The molecule has 0 atom stereocenters. The highest BCUT2D eigenvalue weighted by molar-refractivity contribution is 5.27. The highest BCUT2D eigenvalue weighted by Crippen LogP contribution is 2.13. The van der Waals surface area contributed by atoms with Crippen molar-refractivity contribution in [2.75, 3.05) is 26.2 Å². The smallest absolute Gasteiger partial charge is 0.119 e. The number of benzene rings is 1. The van der Waals surface area contributed by atoms with Crippen molar-refractivity contribution in [2.24, 2.45) is 0 Å². The monoisotopic (exact) mass is 278 g/mol. The van der Waals surface area contributed by atoms with E-state index in [1.807, 2.05) is 0 Å². The van der Waals surface area contributed by atoms with Gasteiger partial charge in [0.2, 0.25) is 0 Å². The van der Waals surface area contributed by atoms with Crippen LogP contribution in [-0.4, -0.2) is 36.7 Å². The predicted molar refractivity (Wildman–Crippen MR) is 86.3 cm³/mol. The highest BCUT2D eigenvalue weighted by atomic mass is 16.5. The summed E-state index contributed by atoms with van der Waals surface area (Å²) in [4.78, 5) is 2.36. The van der Waals surface area contributed by atoms with Gasteiger partial charge < -0.3 is 15.0 Å². The topological polar surface area (TPSA) is 24.5 Å². The highest BCUT2D eigenvalue weighted by Gasteiger charge is 2.08. The lowest BCUT2D eigenvalue weighted by Gasteiger charge is -2.20. The van der Waals surface area contributed by atoms with Crippen LogP contribution in [-0.2, 0) is 6.54 Å². The third-order valence-electron chi connectivity index (χ3n) is 3.32. The van der Waals surface area contributed by atoms with Crippen LogP contribution in [0, 0.1) is 0 Å². The molecule has 1 aromatic rings. The molecule has 114 valence electrons. The molecule has 0 unspecified atom stereocenters. The second-order valence-corrected chi connectivity index (χ2v) is 6.12. The van der Waals surface area contributed by atoms with Crippen molar-refractivity contribution < 1.29 is 4.74 Å². The molecule has 0 aliphatic carbocycles. The van der Waals surface area contributed by atoms with E-state index in [0.29, 0.717) is 0 Å². The van der Waals surface area contributed by atoms with Crippen LogP contribution in [0.25, 0.3) is 0 Å². The van der Waals surface area contributed by atoms with E-state index in [2.05, 4.69) is 69.1 Å². The van der Waals surface area contributed by atoms with Crippen molar-refractivity contribution in [3.63, 3.8) is 0 Å². The fraction of sp³-hybridized carbons (Fsp3) is 0.647. The number of hydrogen-bond acceptors (Lipinski definition) is 3. The van der Waals surface area contributed by atoms with Crippen molar-refractivity contribution in [2.45, 2.75) is 46.7 Å². The zero-order valence-corrected chi connectivity index (χ0v) is 13.7. The third-order valence-corrected chi connectivity index (χ3v) is 3.32. The number of hydrogen-bond donors (Lipinski definition) is 1. The van der Waals surface area contributed by atoms with Crippen molar-refractivity contribution in [3.8, 4) is 5.75 Å². The number of nitrogens with one attached hydrogen (secondary N) is 1. The summed E-state index contributed by atoms with van der Waals surface area (Å²) in [5.74, 6) is 0.955. The van der Waals surface area contributed by atoms with Crippen LogP contribution in [0.3, 0.4) is 0 Å². The van der Waals surface area contributed by atoms with Crippen molar-refractivity contribution in [1.82, 2.24) is 10.2 Å². The van der Waals surface area contributed by atoms with Gasteiger partial charge in [-0.2, -0.15) is 0 Å². The third kappa shape index (κ3) is 6.92. The lowest BCUT2D eigenvalue weighted by Crippen LogP contribution is -2.35. The van der Waals surface area contributed by atoms with E-state index in [0.717, 1.165) is 38.5 Å². The van der Waals surface area contributed by atoms with E-state index in [4.69, 9.17) is 4.74 Å². The predicted octanol–water partition coefficient (Wildman–Crippen LogP) is 3.30. The average Bonchev–Trinajstić information content (AvgIpc) is 2.42. The molecule has 0 saturated heterocycles. The molecule has 0 spiro atoms. The molecule has 3 heteroatoms. The molecule has 0 heterocycles. The number of likely N-dealkylation sites (N-methyl/N-ethyl adjacent to an activating group) is 1. The fourth-order valence-corrected chi connectivity index (χ4v) is 1.90. The first kappa shape index (κ1) is 17.0. The standard InChI is InChI=1S/C17H30N2O/c1-6-19(7-2)12-13-20-16-10-8-15(9-11-16)14-18-17(3,4)5/h8-11,18H,6-7,12-14H2,1-5H3. The van der Waals surface area contributed by atoms with Crippen LogP contribution >= 0.6 is 0 Å². The summed E-state index contributed by atoms with van der Waals surface area (Å²) in [5.41, 5.74) is 1.44. The maximum absolute atomic E-state index is 5.78. The molecular weight excluding hydrogens is 248 g/mol. The molecule has 3 nitrogen and oxygen atoms in total. The van der Waals surface area contributed by atoms with Gasteiger partial charge in [-0.1, -0.05) is 26.0 Å². The molecule has 1 rings (SSSR count).